The van der Waals surface area contributed by atoms with Gasteiger partial charge in [-0.15, -0.1) is 0 Å². The summed E-state index contributed by atoms with van der Waals surface area (Å²) in [6.45, 7) is 5.81. The van der Waals surface area contributed by atoms with Gasteiger partial charge in [0.1, 0.15) is 0 Å². The molecule has 4 heterocycles. The molecule has 4 aromatic heterocycles. The van der Waals surface area contributed by atoms with Gasteiger partial charge in [-0.3, -0.25) is 9.97 Å². The maximum atomic E-state index is 6.06. The van der Waals surface area contributed by atoms with Crippen LogP contribution in [0.15, 0.2) is 121 Å². The first-order valence-electron chi connectivity index (χ1n) is 14.7. The van der Waals surface area contributed by atoms with Gasteiger partial charge in [0, 0.05) is 11.4 Å². The van der Waals surface area contributed by atoms with E-state index in [4.69, 9.17) is 19.4 Å². The monoisotopic (exact) mass is 578 g/mol. The fourth-order valence-corrected chi connectivity index (χ4v) is 5.00. The highest BCUT2D eigenvalue weighted by molar-refractivity contribution is 5.65. The highest BCUT2D eigenvalue weighted by Gasteiger charge is 2.07. The van der Waals surface area contributed by atoms with Crippen molar-refractivity contribution >= 4 is 0 Å². The van der Waals surface area contributed by atoms with Crippen molar-refractivity contribution in [1.29, 1.82) is 0 Å². The van der Waals surface area contributed by atoms with E-state index in [0.29, 0.717) is 26.4 Å². The molecule has 0 atom stereocenters. The Balaban J connectivity index is 1.04. The zero-order chi connectivity index (χ0) is 30.1. The Kier molecular flexibility index (Phi) is 9.21. The molecule has 2 aromatic carbocycles. The van der Waals surface area contributed by atoms with Crippen LogP contribution in [0.5, 0.6) is 0 Å². The molecule has 0 saturated heterocycles. The van der Waals surface area contributed by atoms with Crippen LogP contribution in [0.2, 0.25) is 0 Å². The highest BCUT2D eigenvalue weighted by atomic mass is 16.5. The minimum Gasteiger partial charge on any atom is -0.370 e. The maximum Gasteiger partial charge on any atom is 0.0892 e. The predicted molar refractivity (Wildman–Crippen MR) is 173 cm³/mol. The third kappa shape index (κ3) is 7.67. The predicted octanol–water partition coefficient (Wildman–Crippen LogP) is 8.32. The van der Waals surface area contributed by atoms with E-state index in [1.807, 2.05) is 86.6 Å². The molecular weight excluding hydrogens is 544 g/mol. The lowest BCUT2D eigenvalue weighted by atomic mass is 10.0. The summed E-state index contributed by atoms with van der Waals surface area (Å²) in [5, 5.41) is 0. The number of aryl methyl sites for hydroxylation is 2. The Morgan fingerprint density at radius 2 is 0.795 bits per heavy atom. The van der Waals surface area contributed by atoms with Crippen LogP contribution in [0, 0.1) is 13.8 Å². The van der Waals surface area contributed by atoms with E-state index in [-0.39, 0.29) is 0 Å². The van der Waals surface area contributed by atoms with Crippen LogP contribution in [-0.4, -0.2) is 19.9 Å². The summed E-state index contributed by atoms with van der Waals surface area (Å²) in [4.78, 5) is 18.7. The molecule has 0 N–H and O–H groups in total. The van der Waals surface area contributed by atoms with Gasteiger partial charge in [-0.1, -0.05) is 60.7 Å². The second-order valence-corrected chi connectivity index (χ2v) is 10.7. The minimum absolute atomic E-state index is 0.427. The van der Waals surface area contributed by atoms with E-state index in [9.17, 15) is 0 Å². The summed E-state index contributed by atoms with van der Waals surface area (Å²) < 4.78 is 12.1. The molecular formula is C38H34N4O2. The van der Waals surface area contributed by atoms with Gasteiger partial charge in [0.05, 0.1) is 60.6 Å². The average Bonchev–Trinajstić information content (AvgIpc) is 3.05. The van der Waals surface area contributed by atoms with E-state index in [0.717, 1.165) is 67.8 Å². The Morgan fingerprint density at radius 1 is 0.409 bits per heavy atom. The lowest BCUT2D eigenvalue weighted by Gasteiger charge is -2.10. The Hall–Kier alpha value is -5.04. The number of hydrogen-bond acceptors (Lipinski definition) is 6. The second kappa shape index (κ2) is 14.0. The summed E-state index contributed by atoms with van der Waals surface area (Å²) in [5.41, 5.74) is 11.6. The van der Waals surface area contributed by atoms with Gasteiger partial charge in [-0.05, 0) is 96.8 Å². The van der Waals surface area contributed by atoms with Crippen molar-refractivity contribution in [3.8, 4) is 33.9 Å². The molecule has 6 heteroatoms. The van der Waals surface area contributed by atoms with E-state index in [1.165, 1.54) is 0 Å². The molecule has 0 aliphatic heterocycles. The molecule has 0 fully saturated rings. The first-order valence-corrected chi connectivity index (χ1v) is 14.7. The average molecular weight is 579 g/mol. The number of hydrogen-bond donors (Lipinski definition) is 0. The number of aromatic nitrogens is 4. The van der Waals surface area contributed by atoms with Crippen LogP contribution in [0.4, 0.5) is 0 Å². The standard InChI is InChI=1S/C38H34N4O2/c1-27-9-3-17-35(39-27)37-19-7-15-33(41-37)25-43-23-29-11-5-13-31(21-29)32-14-6-12-30(22-32)24-44-26-34-16-8-20-38(42-34)36-18-4-10-28(2)40-36/h3-22H,23-26H2,1-2H3. The van der Waals surface area contributed by atoms with Crippen molar-refractivity contribution in [2.45, 2.75) is 40.3 Å². The molecule has 44 heavy (non-hydrogen) atoms. The van der Waals surface area contributed by atoms with Crippen molar-refractivity contribution < 1.29 is 9.47 Å². The van der Waals surface area contributed by atoms with Gasteiger partial charge in [0.15, 0.2) is 0 Å². The van der Waals surface area contributed by atoms with Gasteiger partial charge in [-0.25, -0.2) is 9.97 Å². The molecule has 218 valence electrons. The van der Waals surface area contributed by atoms with Crippen molar-refractivity contribution in [2.75, 3.05) is 0 Å². The zero-order valence-electron chi connectivity index (χ0n) is 25.0. The van der Waals surface area contributed by atoms with E-state index in [2.05, 4.69) is 58.5 Å². The van der Waals surface area contributed by atoms with Crippen LogP contribution >= 0.6 is 0 Å². The van der Waals surface area contributed by atoms with Gasteiger partial charge in [0.2, 0.25) is 0 Å². The number of benzene rings is 2. The quantitative estimate of drug-likeness (QED) is 0.154. The summed E-state index contributed by atoms with van der Waals surface area (Å²) in [6.07, 6.45) is 0. The summed E-state index contributed by atoms with van der Waals surface area (Å²) in [7, 11) is 0. The summed E-state index contributed by atoms with van der Waals surface area (Å²) >= 11 is 0. The second-order valence-electron chi connectivity index (χ2n) is 10.7. The van der Waals surface area contributed by atoms with Crippen molar-refractivity contribution in [3.63, 3.8) is 0 Å². The first-order chi connectivity index (χ1) is 21.6. The Bertz CT molecular complexity index is 1730. The summed E-state index contributed by atoms with van der Waals surface area (Å²) in [6, 6.07) is 40.8. The van der Waals surface area contributed by atoms with Crippen LogP contribution in [0.3, 0.4) is 0 Å². The molecule has 0 radical (unpaired) electrons. The summed E-state index contributed by atoms with van der Waals surface area (Å²) in [5.74, 6) is 0. The molecule has 0 amide bonds. The Morgan fingerprint density at radius 3 is 1.23 bits per heavy atom. The van der Waals surface area contributed by atoms with Crippen molar-refractivity contribution in [2.24, 2.45) is 0 Å². The lowest BCUT2D eigenvalue weighted by molar-refractivity contribution is 0.104. The highest BCUT2D eigenvalue weighted by Crippen LogP contribution is 2.23. The lowest BCUT2D eigenvalue weighted by Crippen LogP contribution is -1.99. The van der Waals surface area contributed by atoms with E-state index >= 15 is 0 Å². The molecule has 6 nitrogen and oxygen atoms in total. The third-order valence-electron chi connectivity index (χ3n) is 7.14. The molecule has 0 saturated carbocycles. The van der Waals surface area contributed by atoms with Crippen LogP contribution in [-0.2, 0) is 35.9 Å². The molecule has 0 unspecified atom stereocenters. The van der Waals surface area contributed by atoms with Crippen molar-refractivity contribution in [3.05, 3.63) is 155 Å². The number of pyridine rings is 4. The molecule has 6 aromatic rings. The van der Waals surface area contributed by atoms with Crippen LogP contribution < -0.4 is 0 Å². The Labute approximate surface area is 258 Å². The largest absolute Gasteiger partial charge is 0.370 e. The number of nitrogens with zero attached hydrogens (tertiary/aromatic N) is 4. The zero-order valence-corrected chi connectivity index (χ0v) is 25.0. The number of ether oxygens (including phenoxy) is 2. The molecule has 0 spiro atoms. The van der Waals surface area contributed by atoms with Gasteiger partial charge in [-0.2, -0.15) is 0 Å². The van der Waals surface area contributed by atoms with E-state index in [1.54, 1.807) is 0 Å². The van der Waals surface area contributed by atoms with Crippen LogP contribution in [0.1, 0.15) is 33.9 Å². The first kappa shape index (κ1) is 29.1. The maximum absolute atomic E-state index is 6.06. The minimum atomic E-state index is 0.427. The SMILES string of the molecule is Cc1cccc(-c2cccc(COCc3cccc(-c4cccc(COCc5cccc(-c6cccc(C)n6)n5)c4)c3)n2)n1. The third-order valence-corrected chi connectivity index (χ3v) is 7.14. The molecule has 0 aliphatic carbocycles. The molecule has 0 aliphatic rings. The topological polar surface area (TPSA) is 70.0 Å². The van der Waals surface area contributed by atoms with Crippen molar-refractivity contribution in [1.82, 2.24) is 19.9 Å². The molecule has 0 bridgehead atoms. The van der Waals surface area contributed by atoms with Gasteiger partial charge >= 0.3 is 0 Å². The van der Waals surface area contributed by atoms with E-state index < -0.39 is 0 Å². The van der Waals surface area contributed by atoms with Gasteiger partial charge < -0.3 is 9.47 Å². The van der Waals surface area contributed by atoms with Crippen LogP contribution in [0.25, 0.3) is 33.9 Å². The molecule has 6 rings (SSSR count). The van der Waals surface area contributed by atoms with Gasteiger partial charge in [0.25, 0.3) is 0 Å². The fourth-order valence-electron chi connectivity index (χ4n) is 5.00. The smallest absolute Gasteiger partial charge is 0.0892 e. The fraction of sp³-hybridized carbons (Fsp3) is 0.158. The normalized spacial score (nSPS) is 11.0. The number of rotatable bonds is 11.